The van der Waals surface area contributed by atoms with E-state index in [0.717, 1.165) is 56.1 Å². The fraction of sp³-hybridized carbons (Fsp3) is 0.766. The Kier molecular flexibility index (Phi) is 12.0. The number of aliphatic carboxylic acids is 1. The normalized spacial score (nSPS) is 35.3. The molecule has 0 spiro atoms. The highest BCUT2D eigenvalue weighted by atomic mass is 16.5. The predicted molar refractivity (Wildman–Crippen MR) is 219 cm³/mol. The third-order valence-corrected chi connectivity index (χ3v) is 16.9. The number of amides is 1. The zero-order chi connectivity index (χ0) is 42.8. The van der Waals surface area contributed by atoms with Gasteiger partial charge >= 0.3 is 11.9 Å². The molecule has 0 aliphatic heterocycles. The van der Waals surface area contributed by atoms with E-state index in [9.17, 15) is 39.6 Å². The fourth-order valence-electron chi connectivity index (χ4n) is 13.6. The van der Waals surface area contributed by atoms with Crippen molar-refractivity contribution in [3.05, 3.63) is 41.2 Å². The van der Waals surface area contributed by atoms with E-state index in [0.29, 0.717) is 24.0 Å². The van der Waals surface area contributed by atoms with Gasteiger partial charge in [-0.3, -0.25) is 24.2 Å². The molecular weight excluding hydrogens is 737 g/mol. The van der Waals surface area contributed by atoms with Gasteiger partial charge in [-0.05, 0) is 123 Å². The van der Waals surface area contributed by atoms with E-state index in [4.69, 9.17) is 4.74 Å². The van der Waals surface area contributed by atoms with Gasteiger partial charge in [0.1, 0.15) is 6.10 Å². The van der Waals surface area contributed by atoms with Gasteiger partial charge in [0, 0.05) is 30.0 Å². The lowest BCUT2D eigenvalue weighted by Gasteiger charge is -2.72. The minimum Gasteiger partial charge on any atom is -0.481 e. The smallest absolute Gasteiger partial charge is 0.309 e. The number of carbonyl (C=O) groups is 4. The van der Waals surface area contributed by atoms with E-state index in [2.05, 4.69) is 53.5 Å². The van der Waals surface area contributed by atoms with E-state index in [1.165, 1.54) is 4.90 Å². The van der Waals surface area contributed by atoms with Crippen LogP contribution in [0.1, 0.15) is 139 Å². The topological polar surface area (TPSA) is 175 Å². The van der Waals surface area contributed by atoms with Crippen molar-refractivity contribution in [2.75, 3.05) is 13.2 Å². The Bertz CT molecular complexity index is 1790. The molecule has 322 valence electrons. The Morgan fingerprint density at radius 1 is 0.948 bits per heavy atom. The molecule has 1 aromatic heterocycles. The number of rotatable bonds is 13. The molecule has 1 heterocycles. The quantitative estimate of drug-likeness (QED) is 0.154. The summed E-state index contributed by atoms with van der Waals surface area (Å²) in [5.41, 5.74) is 0.0432. The number of ketones is 1. The van der Waals surface area contributed by atoms with Crippen LogP contribution in [0.25, 0.3) is 0 Å². The first-order valence-corrected chi connectivity index (χ1v) is 21.8. The van der Waals surface area contributed by atoms with Crippen LogP contribution in [0.2, 0.25) is 0 Å². The van der Waals surface area contributed by atoms with E-state index < -0.39 is 47.5 Å². The molecule has 4 N–H and O–H groups in total. The van der Waals surface area contributed by atoms with Gasteiger partial charge in [0.15, 0.2) is 5.78 Å². The lowest BCUT2D eigenvalue weighted by atomic mass is 9.33. The molecular formula is C47H70N2O9. The van der Waals surface area contributed by atoms with Crippen LogP contribution in [0, 0.1) is 56.2 Å². The number of hydrogen-bond donors (Lipinski definition) is 4. The Balaban J connectivity index is 1.30. The van der Waals surface area contributed by atoms with Crippen LogP contribution < -0.4 is 0 Å². The van der Waals surface area contributed by atoms with Crippen molar-refractivity contribution in [1.82, 2.24) is 9.88 Å². The van der Waals surface area contributed by atoms with Gasteiger partial charge in [0.25, 0.3) is 0 Å². The number of carboxylic acids is 1. The summed E-state index contributed by atoms with van der Waals surface area (Å²) in [5.74, 6) is -1.02. The van der Waals surface area contributed by atoms with Crippen LogP contribution in [-0.4, -0.2) is 85.4 Å². The summed E-state index contributed by atoms with van der Waals surface area (Å²) in [5, 5.41) is 42.0. The number of fused-ring (bicyclic) bond motifs is 7. The number of ether oxygens (including phenoxy) is 1. The summed E-state index contributed by atoms with van der Waals surface area (Å²) in [6.07, 6.45) is 5.82. The molecule has 0 saturated heterocycles. The average molecular weight is 807 g/mol. The molecule has 1 aromatic rings. The number of aliphatic hydroxyl groups is 3. The molecule has 58 heavy (non-hydrogen) atoms. The minimum atomic E-state index is -1.22. The van der Waals surface area contributed by atoms with Crippen LogP contribution in [0.5, 0.6) is 0 Å². The van der Waals surface area contributed by atoms with E-state index in [1.54, 1.807) is 26.1 Å². The van der Waals surface area contributed by atoms with Crippen molar-refractivity contribution < 1.29 is 44.3 Å². The van der Waals surface area contributed by atoms with Crippen LogP contribution in [-0.2, 0) is 30.5 Å². The zero-order valence-electron chi connectivity index (χ0n) is 36.5. The Morgan fingerprint density at radius 3 is 2.28 bits per heavy atom. The van der Waals surface area contributed by atoms with Gasteiger partial charge in [-0.2, -0.15) is 0 Å². The molecule has 6 rings (SSSR count). The molecule has 0 radical (unpaired) electrons. The summed E-state index contributed by atoms with van der Waals surface area (Å²) >= 11 is 0. The molecule has 1 amide bonds. The van der Waals surface area contributed by atoms with Crippen molar-refractivity contribution in [3.8, 4) is 0 Å². The molecule has 1 unspecified atom stereocenters. The number of carbonyl (C=O) groups excluding carboxylic acids is 3. The number of aromatic nitrogens is 1. The molecule has 0 bridgehead atoms. The second-order valence-electron chi connectivity index (χ2n) is 21.2. The number of Topliss-reactive ketones (excluding diaryl/α,β-unsaturated/α-hetero) is 1. The van der Waals surface area contributed by atoms with E-state index >= 15 is 0 Å². The maximum absolute atomic E-state index is 14.3. The number of hydrogen-bond acceptors (Lipinski definition) is 9. The Morgan fingerprint density at radius 2 is 1.66 bits per heavy atom. The first-order chi connectivity index (χ1) is 27.0. The highest BCUT2D eigenvalue weighted by Gasteiger charge is 2.71. The van der Waals surface area contributed by atoms with Crippen molar-refractivity contribution in [3.63, 3.8) is 0 Å². The van der Waals surface area contributed by atoms with Crippen molar-refractivity contribution >= 4 is 23.6 Å². The summed E-state index contributed by atoms with van der Waals surface area (Å²) < 4.78 is 6.16. The van der Waals surface area contributed by atoms with Gasteiger partial charge in [-0.1, -0.05) is 60.1 Å². The average Bonchev–Trinajstić information content (AvgIpc) is 3.46. The number of allylic oxidation sites excluding steroid dienone is 1. The van der Waals surface area contributed by atoms with Gasteiger partial charge in [0.2, 0.25) is 5.91 Å². The molecule has 4 saturated carbocycles. The van der Waals surface area contributed by atoms with Gasteiger partial charge in [-0.15, -0.1) is 0 Å². The lowest BCUT2D eigenvalue weighted by molar-refractivity contribution is -0.235. The summed E-state index contributed by atoms with van der Waals surface area (Å²) in [6.45, 7) is 18.7. The molecule has 0 aromatic carbocycles. The van der Waals surface area contributed by atoms with Gasteiger partial charge in [-0.25, -0.2) is 0 Å². The SMILES string of the molecule is CC(C)C1=C2[C@H]3CC[C@@H]4[C@@]5(C)CC[C@H](OC(=O)CC(C)(C)C(=O)O)C(C)(C)[C@@H]5CC[C@@]4(C)[C@]3(C)CC[C@@]2([C@@H](O)CN(Cc2ccccn2)C(=O)CC(O)CO)CC1=O. The molecule has 4 fully saturated rings. The van der Waals surface area contributed by atoms with E-state index in [-0.39, 0.29) is 77.7 Å². The summed E-state index contributed by atoms with van der Waals surface area (Å²) in [4.78, 5) is 58.8. The van der Waals surface area contributed by atoms with Crippen LogP contribution in [0.15, 0.2) is 35.5 Å². The Hall–Kier alpha value is -3.15. The molecule has 10 atom stereocenters. The molecule has 5 aliphatic rings. The highest BCUT2D eigenvalue weighted by Crippen LogP contribution is 2.77. The number of aliphatic hydroxyl groups excluding tert-OH is 3. The Labute approximate surface area is 345 Å². The first kappa shape index (κ1) is 44.4. The number of carboxylic acid groups (broad SMARTS) is 1. The van der Waals surface area contributed by atoms with Crippen LogP contribution >= 0.6 is 0 Å². The van der Waals surface area contributed by atoms with Crippen molar-refractivity contribution in [1.29, 1.82) is 0 Å². The largest absolute Gasteiger partial charge is 0.481 e. The summed E-state index contributed by atoms with van der Waals surface area (Å²) in [7, 11) is 0. The molecule has 5 aliphatic carbocycles. The minimum absolute atomic E-state index is 0.0198. The number of esters is 1. The highest BCUT2D eigenvalue weighted by molar-refractivity contribution is 6.00. The zero-order valence-corrected chi connectivity index (χ0v) is 36.5. The fourth-order valence-corrected chi connectivity index (χ4v) is 13.6. The van der Waals surface area contributed by atoms with Crippen LogP contribution in [0.3, 0.4) is 0 Å². The second-order valence-corrected chi connectivity index (χ2v) is 21.2. The molecule has 11 heteroatoms. The molecule has 11 nitrogen and oxygen atoms in total. The number of pyridine rings is 1. The maximum atomic E-state index is 14.3. The van der Waals surface area contributed by atoms with Gasteiger partial charge in [0.05, 0.1) is 49.3 Å². The third-order valence-electron chi connectivity index (χ3n) is 16.9. The lowest BCUT2D eigenvalue weighted by Crippen LogP contribution is -2.66. The maximum Gasteiger partial charge on any atom is 0.309 e. The third kappa shape index (κ3) is 7.26. The standard InChI is InChI=1S/C47H70N2O9/c1-28(2)39-32(52)23-47(35(53)26-49(37(54)22-30(51)27-50)25-29-12-10-11-21-48-29)20-19-45(8)31(40(39)47)13-14-34-44(7)17-16-36(58-38(55)24-42(3,4)41(56)57)43(5,6)33(44)15-18-46(34,45)9/h10-12,21,28,30-31,33-36,50-51,53H,13-20,22-27H2,1-9H3,(H,56,57)/t30?,31-,33+,34-,35+,36+,44+,45-,46-,47+/m1/s1. The van der Waals surface area contributed by atoms with Crippen molar-refractivity contribution in [2.24, 2.45) is 56.2 Å². The van der Waals surface area contributed by atoms with Crippen LogP contribution in [0.4, 0.5) is 0 Å². The monoisotopic (exact) mass is 807 g/mol. The second kappa shape index (κ2) is 15.7. The van der Waals surface area contributed by atoms with E-state index in [1.807, 2.05) is 12.1 Å². The predicted octanol–water partition coefficient (Wildman–Crippen LogP) is 6.91. The first-order valence-electron chi connectivity index (χ1n) is 21.8. The van der Waals surface area contributed by atoms with Gasteiger partial charge < -0.3 is 30.1 Å². The summed E-state index contributed by atoms with van der Waals surface area (Å²) in [6, 6.07) is 5.46. The number of nitrogens with zero attached hydrogens (tertiary/aromatic N) is 2. The van der Waals surface area contributed by atoms with Crippen molar-refractivity contribution in [2.45, 2.75) is 158 Å².